The van der Waals surface area contributed by atoms with Gasteiger partial charge in [0.15, 0.2) is 0 Å². The lowest BCUT2D eigenvalue weighted by Gasteiger charge is -2.31. The molecule has 1 aliphatic heterocycles. The molecule has 1 unspecified atom stereocenters. The van der Waals surface area contributed by atoms with Crippen molar-refractivity contribution in [3.05, 3.63) is 72.1 Å². The standard InChI is InChI=1S/C21H21F2N3/c1-15(20-24-18-9-5-6-10-19(18)26(20)21(22)23)25-13-11-17(12-14-25)16-7-3-2-4-8-16/h2-11,15,21H,12-14H2,1H3. The Bertz CT molecular complexity index is 931. The molecule has 3 aromatic rings. The largest absolute Gasteiger partial charge is 0.320 e. The Morgan fingerprint density at radius 2 is 1.73 bits per heavy atom. The lowest BCUT2D eigenvalue weighted by Crippen LogP contribution is -2.33. The molecule has 1 aromatic heterocycles. The third-order valence-electron chi connectivity index (χ3n) is 5.12. The highest BCUT2D eigenvalue weighted by Gasteiger charge is 2.26. The van der Waals surface area contributed by atoms with E-state index < -0.39 is 6.55 Å². The van der Waals surface area contributed by atoms with E-state index in [-0.39, 0.29) is 6.04 Å². The van der Waals surface area contributed by atoms with Gasteiger partial charge in [-0.2, -0.15) is 8.78 Å². The van der Waals surface area contributed by atoms with Gasteiger partial charge in [-0.1, -0.05) is 48.5 Å². The summed E-state index contributed by atoms with van der Waals surface area (Å²) in [6.45, 7) is 0.924. The molecule has 26 heavy (non-hydrogen) atoms. The van der Waals surface area contributed by atoms with Crippen molar-refractivity contribution in [1.82, 2.24) is 14.5 Å². The monoisotopic (exact) mass is 353 g/mol. The summed E-state index contributed by atoms with van der Waals surface area (Å²) in [5.74, 6) is 0.428. The van der Waals surface area contributed by atoms with E-state index in [1.807, 2.05) is 31.2 Å². The third-order valence-corrected chi connectivity index (χ3v) is 5.12. The molecule has 134 valence electrons. The predicted octanol–water partition coefficient (Wildman–Crippen LogP) is 5.28. The van der Waals surface area contributed by atoms with Gasteiger partial charge in [-0.25, -0.2) is 4.98 Å². The van der Waals surface area contributed by atoms with Crippen molar-refractivity contribution >= 4 is 16.6 Å². The first-order chi connectivity index (χ1) is 12.6. The minimum absolute atomic E-state index is 0.176. The lowest BCUT2D eigenvalue weighted by atomic mass is 9.99. The van der Waals surface area contributed by atoms with Gasteiger partial charge in [0.25, 0.3) is 0 Å². The van der Waals surface area contributed by atoms with Gasteiger partial charge >= 0.3 is 6.55 Å². The van der Waals surface area contributed by atoms with Crippen LogP contribution in [0, 0.1) is 0 Å². The normalized spacial score (nSPS) is 16.8. The van der Waals surface area contributed by atoms with E-state index in [0.29, 0.717) is 16.9 Å². The van der Waals surface area contributed by atoms with Crippen LogP contribution in [-0.4, -0.2) is 27.5 Å². The molecule has 1 atom stereocenters. The third kappa shape index (κ3) is 3.03. The van der Waals surface area contributed by atoms with E-state index >= 15 is 0 Å². The summed E-state index contributed by atoms with van der Waals surface area (Å²) in [5.41, 5.74) is 3.66. The molecule has 3 nitrogen and oxygen atoms in total. The van der Waals surface area contributed by atoms with E-state index in [2.05, 4.69) is 28.1 Å². The molecule has 2 heterocycles. The van der Waals surface area contributed by atoms with Crippen LogP contribution in [-0.2, 0) is 0 Å². The molecule has 2 aromatic carbocycles. The molecule has 1 aliphatic rings. The number of aromatic nitrogens is 2. The number of para-hydroxylation sites is 2. The van der Waals surface area contributed by atoms with Gasteiger partial charge < -0.3 is 0 Å². The van der Waals surface area contributed by atoms with Gasteiger partial charge in [-0.05, 0) is 36.6 Å². The zero-order valence-electron chi connectivity index (χ0n) is 14.6. The molecule has 4 rings (SSSR count). The molecule has 0 amide bonds. The first-order valence-electron chi connectivity index (χ1n) is 8.88. The van der Waals surface area contributed by atoms with Crippen LogP contribution in [0.2, 0.25) is 0 Å². The summed E-state index contributed by atoms with van der Waals surface area (Å²) < 4.78 is 28.5. The van der Waals surface area contributed by atoms with E-state index in [1.54, 1.807) is 18.2 Å². The fourth-order valence-corrected chi connectivity index (χ4v) is 3.68. The molecule has 0 spiro atoms. The highest BCUT2D eigenvalue weighted by Crippen LogP contribution is 2.32. The van der Waals surface area contributed by atoms with E-state index in [9.17, 15) is 8.78 Å². The molecule has 0 saturated heterocycles. The van der Waals surface area contributed by atoms with Crippen LogP contribution < -0.4 is 0 Å². The van der Waals surface area contributed by atoms with Gasteiger partial charge in [0, 0.05) is 13.1 Å². The summed E-state index contributed by atoms with van der Waals surface area (Å²) in [6, 6.07) is 17.2. The van der Waals surface area contributed by atoms with Crippen LogP contribution >= 0.6 is 0 Å². The molecule has 5 heteroatoms. The van der Waals surface area contributed by atoms with Crippen LogP contribution in [0.3, 0.4) is 0 Å². The Kier molecular flexibility index (Phi) is 4.55. The predicted molar refractivity (Wildman–Crippen MR) is 100 cm³/mol. The highest BCUT2D eigenvalue weighted by atomic mass is 19.3. The number of rotatable bonds is 4. The second-order valence-electron chi connectivity index (χ2n) is 6.62. The fraction of sp³-hybridized carbons (Fsp3) is 0.286. The van der Waals surface area contributed by atoms with E-state index in [1.165, 1.54) is 11.1 Å². The molecule has 0 aliphatic carbocycles. The number of hydrogen-bond donors (Lipinski definition) is 0. The fourth-order valence-electron chi connectivity index (χ4n) is 3.68. The maximum atomic E-state index is 13.7. The van der Waals surface area contributed by atoms with Crippen molar-refractivity contribution in [2.75, 3.05) is 13.1 Å². The van der Waals surface area contributed by atoms with Crippen LogP contribution in [0.15, 0.2) is 60.7 Å². The van der Waals surface area contributed by atoms with Gasteiger partial charge in [0.1, 0.15) is 5.82 Å². The number of fused-ring (bicyclic) bond motifs is 1. The average molecular weight is 353 g/mol. The molecule has 0 radical (unpaired) electrons. The van der Waals surface area contributed by atoms with Gasteiger partial charge in [-0.3, -0.25) is 9.47 Å². The maximum Gasteiger partial charge on any atom is 0.320 e. The van der Waals surface area contributed by atoms with Crippen molar-refractivity contribution in [1.29, 1.82) is 0 Å². The highest BCUT2D eigenvalue weighted by molar-refractivity contribution is 5.76. The minimum atomic E-state index is -2.60. The van der Waals surface area contributed by atoms with Gasteiger partial charge in [0.05, 0.1) is 17.1 Å². The number of alkyl halides is 2. The number of halogens is 2. The Balaban J connectivity index is 1.61. The Morgan fingerprint density at radius 1 is 1.00 bits per heavy atom. The summed E-state index contributed by atoms with van der Waals surface area (Å²) in [4.78, 5) is 6.71. The lowest BCUT2D eigenvalue weighted by molar-refractivity contribution is 0.0652. The van der Waals surface area contributed by atoms with Crippen LogP contribution in [0.1, 0.15) is 37.3 Å². The topological polar surface area (TPSA) is 21.1 Å². The van der Waals surface area contributed by atoms with Crippen LogP contribution in [0.4, 0.5) is 8.78 Å². The van der Waals surface area contributed by atoms with Gasteiger partial charge in [-0.15, -0.1) is 0 Å². The molecular weight excluding hydrogens is 332 g/mol. The Hall–Kier alpha value is -2.53. The molecule has 0 saturated carbocycles. The number of nitrogens with zero attached hydrogens (tertiary/aromatic N) is 3. The summed E-state index contributed by atoms with van der Waals surface area (Å²) in [7, 11) is 0. The average Bonchev–Trinajstić information content (AvgIpc) is 3.08. The van der Waals surface area contributed by atoms with Crippen molar-refractivity contribution in [3.63, 3.8) is 0 Å². The number of hydrogen-bond acceptors (Lipinski definition) is 2. The summed E-state index contributed by atoms with van der Waals surface area (Å²) in [6.07, 6.45) is 3.11. The number of benzene rings is 2. The first-order valence-corrected chi connectivity index (χ1v) is 8.88. The number of imidazole rings is 1. The molecule has 0 N–H and O–H groups in total. The molecule has 0 bridgehead atoms. The molecule has 0 fully saturated rings. The van der Waals surface area contributed by atoms with Crippen LogP contribution in [0.25, 0.3) is 16.6 Å². The minimum Gasteiger partial charge on any atom is -0.290 e. The van der Waals surface area contributed by atoms with Crippen molar-refractivity contribution < 1.29 is 8.78 Å². The second kappa shape index (κ2) is 7.00. The van der Waals surface area contributed by atoms with E-state index in [0.717, 1.165) is 24.1 Å². The zero-order valence-corrected chi connectivity index (χ0v) is 14.6. The smallest absolute Gasteiger partial charge is 0.290 e. The summed E-state index contributed by atoms with van der Waals surface area (Å²) >= 11 is 0. The Labute approximate surface area is 151 Å². The molecular formula is C21H21F2N3. The first kappa shape index (κ1) is 16.9. The van der Waals surface area contributed by atoms with Gasteiger partial charge in [0.2, 0.25) is 0 Å². The van der Waals surface area contributed by atoms with Crippen molar-refractivity contribution in [2.45, 2.75) is 25.9 Å². The maximum absolute atomic E-state index is 13.7. The summed E-state index contributed by atoms with van der Waals surface area (Å²) in [5, 5.41) is 0. The Morgan fingerprint density at radius 3 is 2.42 bits per heavy atom. The van der Waals surface area contributed by atoms with Crippen molar-refractivity contribution in [2.24, 2.45) is 0 Å². The second-order valence-corrected chi connectivity index (χ2v) is 6.62. The zero-order chi connectivity index (χ0) is 18.1. The SMILES string of the molecule is CC(c1nc2ccccc2n1C(F)F)N1CC=C(c2ccccc2)CC1. The van der Waals surface area contributed by atoms with Crippen molar-refractivity contribution in [3.8, 4) is 0 Å². The van der Waals surface area contributed by atoms with E-state index in [4.69, 9.17) is 0 Å². The quantitative estimate of drug-likeness (QED) is 0.636. The van der Waals surface area contributed by atoms with Crippen LogP contribution in [0.5, 0.6) is 0 Å².